The monoisotopic (exact) mass is 293 g/mol. The lowest BCUT2D eigenvalue weighted by Crippen LogP contribution is -2.44. The van der Waals surface area contributed by atoms with Crippen LogP contribution in [0.15, 0.2) is 24.3 Å². The van der Waals surface area contributed by atoms with Crippen LogP contribution in [0.1, 0.15) is 43.4 Å². The highest BCUT2D eigenvalue weighted by Gasteiger charge is 2.34. The largest absolute Gasteiger partial charge is 0.387 e. The maximum atomic E-state index is 10.2. The predicted molar refractivity (Wildman–Crippen MR) is 83.5 cm³/mol. The fourth-order valence-electron chi connectivity index (χ4n) is 2.62. The fourth-order valence-corrected chi connectivity index (χ4v) is 2.62. The smallest absolute Gasteiger partial charge is 0.106 e. The van der Waals surface area contributed by atoms with Crippen molar-refractivity contribution in [1.82, 2.24) is 5.32 Å². The molecule has 0 saturated carbocycles. The molecular weight excluding hydrogens is 266 g/mol. The molecule has 2 unspecified atom stereocenters. The first-order valence-corrected chi connectivity index (χ1v) is 7.68. The van der Waals surface area contributed by atoms with E-state index in [1.807, 2.05) is 12.1 Å². The molecule has 0 amide bonds. The van der Waals surface area contributed by atoms with E-state index >= 15 is 0 Å². The quantitative estimate of drug-likeness (QED) is 0.809. The zero-order valence-corrected chi connectivity index (χ0v) is 13.3. The van der Waals surface area contributed by atoms with Crippen molar-refractivity contribution in [3.8, 4) is 0 Å². The van der Waals surface area contributed by atoms with Gasteiger partial charge in [-0.1, -0.05) is 38.1 Å². The fraction of sp³-hybridized carbons (Fsp3) is 0.647. The zero-order valence-electron chi connectivity index (χ0n) is 13.3. The zero-order chi connectivity index (χ0) is 15.3. The molecule has 1 aromatic rings. The van der Waals surface area contributed by atoms with Gasteiger partial charge in [0.05, 0.1) is 12.7 Å². The van der Waals surface area contributed by atoms with Gasteiger partial charge in [0.15, 0.2) is 0 Å². The summed E-state index contributed by atoms with van der Waals surface area (Å²) >= 11 is 0. The Morgan fingerprint density at radius 1 is 1.29 bits per heavy atom. The van der Waals surface area contributed by atoms with Gasteiger partial charge in [-0.05, 0) is 17.0 Å². The highest BCUT2D eigenvalue weighted by Crippen LogP contribution is 2.22. The van der Waals surface area contributed by atoms with Crippen LogP contribution in [-0.4, -0.2) is 44.1 Å². The lowest BCUT2D eigenvalue weighted by atomic mass is 9.99. The van der Waals surface area contributed by atoms with Crippen LogP contribution in [-0.2, 0) is 9.47 Å². The molecule has 1 aliphatic heterocycles. The van der Waals surface area contributed by atoms with E-state index in [0.717, 1.165) is 18.6 Å². The van der Waals surface area contributed by atoms with Crippen LogP contribution >= 0.6 is 0 Å². The van der Waals surface area contributed by atoms with Gasteiger partial charge in [0.25, 0.3) is 0 Å². The first kappa shape index (κ1) is 16.4. The van der Waals surface area contributed by atoms with E-state index in [1.54, 1.807) is 7.11 Å². The first-order chi connectivity index (χ1) is 10.1. The Hall–Kier alpha value is -0.940. The van der Waals surface area contributed by atoms with Gasteiger partial charge >= 0.3 is 0 Å². The molecule has 1 fully saturated rings. The normalized spacial score (nSPS) is 23.7. The van der Waals surface area contributed by atoms with E-state index in [1.165, 1.54) is 5.56 Å². The van der Waals surface area contributed by atoms with Gasteiger partial charge in [-0.25, -0.2) is 0 Å². The van der Waals surface area contributed by atoms with Crippen LogP contribution in [0.25, 0.3) is 0 Å². The highest BCUT2D eigenvalue weighted by molar-refractivity contribution is 5.26. The molecule has 0 spiro atoms. The molecular formula is C17H27NO3. The Morgan fingerprint density at radius 2 is 1.95 bits per heavy atom. The van der Waals surface area contributed by atoms with Gasteiger partial charge in [0, 0.05) is 33.2 Å². The van der Waals surface area contributed by atoms with Crippen molar-refractivity contribution in [1.29, 1.82) is 0 Å². The summed E-state index contributed by atoms with van der Waals surface area (Å²) in [4.78, 5) is 0. The number of hydrogen-bond donors (Lipinski definition) is 2. The van der Waals surface area contributed by atoms with E-state index < -0.39 is 6.10 Å². The minimum Gasteiger partial charge on any atom is -0.387 e. The molecule has 2 rings (SSSR count). The molecule has 1 saturated heterocycles. The number of aliphatic hydroxyl groups is 1. The molecule has 0 bridgehead atoms. The lowest BCUT2D eigenvalue weighted by molar-refractivity contribution is -0.0173. The topological polar surface area (TPSA) is 50.7 Å². The number of ether oxygens (including phenoxy) is 2. The molecule has 2 atom stereocenters. The van der Waals surface area contributed by atoms with Gasteiger partial charge in [0.2, 0.25) is 0 Å². The van der Waals surface area contributed by atoms with E-state index in [9.17, 15) is 5.11 Å². The number of benzene rings is 1. The number of aliphatic hydroxyl groups excluding tert-OH is 1. The SMILES string of the molecule is COC1(CNCC(O)c2ccc(C(C)C)cc2)CCOC1. The van der Waals surface area contributed by atoms with Crippen LogP contribution in [0.5, 0.6) is 0 Å². The Morgan fingerprint density at radius 3 is 2.48 bits per heavy atom. The van der Waals surface area contributed by atoms with Crippen LogP contribution in [0.4, 0.5) is 0 Å². The van der Waals surface area contributed by atoms with Gasteiger partial charge in [-0.15, -0.1) is 0 Å². The van der Waals surface area contributed by atoms with Crippen molar-refractivity contribution in [3.05, 3.63) is 35.4 Å². The number of methoxy groups -OCH3 is 1. The number of nitrogens with one attached hydrogen (secondary N) is 1. The molecule has 21 heavy (non-hydrogen) atoms. The van der Waals surface area contributed by atoms with Crippen LogP contribution in [0, 0.1) is 0 Å². The van der Waals surface area contributed by atoms with Crippen molar-refractivity contribution >= 4 is 0 Å². The van der Waals surface area contributed by atoms with Crippen LogP contribution in [0.3, 0.4) is 0 Å². The summed E-state index contributed by atoms with van der Waals surface area (Å²) in [5.74, 6) is 0.512. The molecule has 2 N–H and O–H groups in total. The average molecular weight is 293 g/mol. The minimum absolute atomic E-state index is 0.235. The van der Waals surface area contributed by atoms with Gasteiger partial charge < -0.3 is 19.9 Å². The summed E-state index contributed by atoms with van der Waals surface area (Å²) in [6, 6.07) is 8.19. The standard InChI is InChI=1S/C17H27NO3/c1-13(2)14-4-6-15(7-5-14)16(19)10-18-11-17(20-3)8-9-21-12-17/h4-7,13,16,18-19H,8-12H2,1-3H3. The Bertz CT molecular complexity index is 424. The summed E-state index contributed by atoms with van der Waals surface area (Å²) in [6.07, 6.45) is 0.401. The third-order valence-electron chi connectivity index (χ3n) is 4.27. The van der Waals surface area contributed by atoms with E-state index in [-0.39, 0.29) is 5.60 Å². The summed E-state index contributed by atoms with van der Waals surface area (Å²) in [5, 5.41) is 13.5. The first-order valence-electron chi connectivity index (χ1n) is 7.68. The maximum absolute atomic E-state index is 10.2. The van der Waals surface area contributed by atoms with E-state index in [4.69, 9.17) is 9.47 Å². The second-order valence-corrected chi connectivity index (χ2v) is 6.16. The lowest BCUT2D eigenvalue weighted by Gasteiger charge is -2.26. The summed E-state index contributed by atoms with van der Waals surface area (Å²) < 4.78 is 11.0. The van der Waals surface area contributed by atoms with Gasteiger partial charge in [-0.3, -0.25) is 0 Å². The average Bonchev–Trinajstić information content (AvgIpc) is 2.96. The molecule has 4 heteroatoms. The second-order valence-electron chi connectivity index (χ2n) is 6.16. The van der Waals surface area contributed by atoms with Crippen molar-refractivity contribution < 1.29 is 14.6 Å². The molecule has 118 valence electrons. The number of rotatable bonds is 7. The summed E-state index contributed by atoms with van der Waals surface area (Å²) in [6.45, 7) is 6.92. The van der Waals surface area contributed by atoms with Gasteiger partial charge in [-0.2, -0.15) is 0 Å². The van der Waals surface area contributed by atoms with Crippen LogP contribution < -0.4 is 5.32 Å². The van der Waals surface area contributed by atoms with Crippen molar-refractivity contribution in [2.75, 3.05) is 33.4 Å². The van der Waals surface area contributed by atoms with Crippen molar-refractivity contribution in [3.63, 3.8) is 0 Å². The third kappa shape index (κ3) is 4.27. The van der Waals surface area contributed by atoms with Crippen LogP contribution in [0.2, 0.25) is 0 Å². The van der Waals surface area contributed by atoms with E-state index in [2.05, 4.69) is 31.3 Å². The predicted octanol–water partition coefficient (Wildman–Crippen LogP) is 2.24. The Labute approximate surface area is 127 Å². The van der Waals surface area contributed by atoms with Crippen molar-refractivity contribution in [2.24, 2.45) is 0 Å². The number of hydrogen-bond acceptors (Lipinski definition) is 4. The van der Waals surface area contributed by atoms with Crippen molar-refractivity contribution in [2.45, 2.75) is 37.9 Å². The Kier molecular flexibility index (Phi) is 5.76. The molecule has 0 radical (unpaired) electrons. The second kappa shape index (κ2) is 7.36. The maximum Gasteiger partial charge on any atom is 0.106 e. The van der Waals surface area contributed by atoms with E-state index in [0.29, 0.717) is 25.6 Å². The summed E-state index contributed by atoms with van der Waals surface area (Å²) in [7, 11) is 1.72. The molecule has 4 nitrogen and oxygen atoms in total. The van der Waals surface area contributed by atoms with Gasteiger partial charge in [0.1, 0.15) is 5.60 Å². The third-order valence-corrected chi connectivity index (χ3v) is 4.27. The molecule has 1 heterocycles. The highest BCUT2D eigenvalue weighted by atomic mass is 16.5. The molecule has 1 aromatic carbocycles. The Balaban J connectivity index is 1.82. The summed E-state index contributed by atoms with van der Waals surface area (Å²) in [5.41, 5.74) is 2.00. The minimum atomic E-state index is -0.498. The molecule has 0 aliphatic carbocycles. The molecule has 0 aromatic heterocycles. The molecule has 1 aliphatic rings.